The van der Waals surface area contributed by atoms with Gasteiger partial charge >= 0.3 is 0 Å². The van der Waals surface area contributed by atoms with Gasteiger partial charge in [0.1, 0.15) is 12.3 Å². The molecule has 2 aliphatic heterocycles. The number of hydrogen-bond acceptors (Lipinski definition) is 5. The molecule has 1 saturated heterocycles. The average Bonchev–Trinajstić information content (AvgIpc) is 3.32. The zero-order chi connectivity index (χ0) is 24.7. The molecule has 0 radical (unpaired) electrons. The molecule has 3 aromatic carbocycles. The van der Waals surface area contributed by atoms with Crippen LogP contribution in [0.25, 0.3) is 0 Å². The molecule has 0 saturated carbocycles. The van der Waals surface area contributed by atoms with Crippen molar-refractivity contribution in [1.82, 2.24) is 0 Å². The van der Waals surface area contributed by atoms with Gasteiger partial charge in [0, 0.05) is 23.0 Å². The maximum absolute atomic E-state index is 14.1. The predicted molar refractivity (Wildman–Crippen MR) is 138 cm³/mol. The van der Waals surface area contributed by atoms with Crippen LogP contribution in [0.5, 0.6) is 5.75 Å². The summed E-state index contributed by atoms with van der Waals surface area (Å²) in [6.45, 7) is 3.76. The van der Waals surface area contributed by atoms with Crippen molar-refractivity contribution < 1.29 is 19.1 Å². The lowest BCUT2D eigenvalue weighted by molar-refractivity contribution is -0.124. The van der Waals surface area contributed by atoms with Crippen molar-refractivity contribution in [1.29, 1.82) is 0 Å². The Kier molecular flexibility index (Phi) is 5.76. The lowest BCUT2D eigenvalue weighted by Gasteiger charge is -2.33. The van der Waals surface area contributed by atoms with Gasteiger partial charge in [0.05, 0.1) is 18.6 Å². The number of fused-ring (bicyclic) bond motifs is 2. The maximum Gasteiger partial charge on any atom is 0.269 e. The molecule has 1 atom stereocenters. The summed E-state index contributed by atoms with van der Waals surface area (Å²) >= 11 is 1.28. The molecule has 5 rings (SSSR count). The van der Waals surface area contributed by atoms with Crippen LogP contribution in [0.15, 0.2) is 66.7 Å². The smallest absolute Gasteiger partial charge is 0.269 e. The number of rotatable bonds is 5. The minimum atomic E-state index is -1.28. The molecule has 1 N–H and O–H groups in total. The van der Waals surface area contributed by atoms with E-state index in [1.165, 1.54) is 16.7 Å². The van der Waals surface area contributed by atoms with Crippen molar-refractivity contribution in [3.63, 3.8) is 0 Å². The van der Waals surface area contributed by atoms with Crippen LogP contribution >= 0.6 is 11.8 Å². The Bertz CT molecular complexity index is 1360. The van der Waals surface area contributed by atoms with Gasteiger partial charge in [-0.15, -0.1) is 11.8 Å². The number of carbonyl (C=O) groups is 3. The molecule has 0 bridgehead atoms. The highest BCUT2D eigenvalue weighted by atomic mass is 32.2. The summed E-state index contributed by atoms with van der Waals surface area (Å²) in [5.74, 6) is -0.0498. The number of hydrogen-bond donors (Lipinski definition) is 1. The SMILES string of the molecule is COc1cccc(N2C(=O)CSC23C(=O)N(CC(=O)Nc2ccc(C)cc2C)c2ccccc23)c1. The Labute approximate surface area is 208 Å². The highest BCUT2D eigenvalue weighted by Gasteiger charge is 2.61. The van der Waals surface area contributed by atoms with Gasteiger partial charge in [0.2, 0.25) is 16.7 Å². The minimum absolute atomic E-state index is 0.153. The first-order valence-corrected chi connectivity index (χ1v) is 12.2. The Hall–Kier alpha value is -3.78. The first-order chi connectivity index (χ1) is 16.8. The van der Waals surface area contributed by atoms with Crippen molar-refractivity contribution in [3.05, 3.63) is 83.4 Å². The maximum atomic E-state index is 14.1. The normalized spacial score (nSPS) is 18.8. The molecule has 2 heterocycles. The number of aryl methyl sites for hydroxylation is 2. The van der Waals surface area contributed by atoms with E-state index in [0.717, 1.165) is 11.1 Å². The fraction of sp³-hybridized carbons (Fsp3) is 0.222. The van der Waals surface area contributed by atoms with Gasteiger partial charge in [-0.05, 0) is 43.7 Å². The van der Waals surface area contributed by atoms with Gasteiger partial charge in [0.25, 0.3) is 5.91 Å². The van der Waals surface area contributed by atoms with Crippen LogP contribution in [0.2, 0.25) is 0 Å². The Morgan fingerprint density at radius 3 is 2.63 bits per heavy atom. The monoisotopic (exact) mass is 487 g/mol. The highest BCUT2D eigenvalue weighted by Crippen LogP contribution is 2.55. The van der Waals surface area contributed by atoms with E-state index in [2.05, 4.69) is 5.32 Å². The summed E-state index contributed by atoms with van der Waals surface area (Å²) in [6.07, 6.45) is 0. The third-order valence-electron chi connectivity index (χ3n) is 6.33. The molecule has 8 heteroatoms. The number of methoxy groups -OCH3 is 1. The first-order valence-electron chi connectivity index (χ1n) is 11.2. The third-order valence-corrected chi connectivity index (χ3v) is 7.72. The Morgan fingerprint density at radius 1 is 1.06 bits per heavy atom. The van der Waals surface area contributed by atoms with E-state index >= 15 is 0 Å². The van der Waals surface area contributed by atoms with Crippen molar-refractivity contribution >= 4 is 46.5 Å². The number of thioether (sulfide) groups is 1. The van der Waals surface area contributed by atoms with Gasteiger partial charge < -0.3 is 10.1 Å². The van der Waals surface area contributed by atoms with Crippen LogP contribution in [0.3, 0.4) is 0 Å². The van der Waals surface area contributed by atoms with Crippen LogP contribution in [0.1, 0.15) is 16.7 Å². The first kappa shape index (κ1) is 23.0. The second kappa shape index (κ2) is 8.78. The summed E-state index contributed by atoms with van der Waals surface area (Å²) in [5, 5.41) is 2.92. The summed E-state index contributed by atoms with van der Waals surface area (Å²) in [5.41, 5.74) is 4.66. The van der Waals surface area contributed by atoms with E-state index in [9.17, 15) is 14.4 Å². The van der Waals surface area contributed by atoms with E-state index in [4.69, 9.17) is 4.74 Å². The molecular weight excluding hydrogens is 462 g/mol. The molecule has 3 amide bonds. The topological polar surface area (TPSA) is 79.0 Å². The Morgan fingerprint density at radius 2 is 1.86 bits per heavy atom. The minimum Gasteiger partial charge on any atom is -0.497 e. The van der Waals surface area contributed by atoms with Crippen LogP contribution in [-0.4, -0.2) is 37.1 Å². The van der Waals surface area contributed by atoms with E-state index in [1.807, 2.05) is 56.3 Å². The molecule has 0 aromatic heterocycles. The second-order valence-corrected chi connectivity index (χ2v) is 9.81. The number of anilines is 3. The lowest BCUT2D eigenvalue weighted by atomic mass is 10.0. The molecular formula is C27H25N3O4S. The van der Waals surface area contributed by atoms with Gasteiger partial charge in [-0.2, -0.15) is 0 Å². The Balaban J connectivity index is 1.51. The fourth-order valence-electron chi connectivity index (χ4n) is 4.75. The number of amides is 3. The fourth-order valence-corrected chi connectivity index (χ4v) is 6.11. The van der Waals surface area contributed by atoms with Crippen LogP contribution in [0, 0.1) is 13.8 Å². The summed E-state index contributed by atoms with van der Waals surface area (Å²) in [6, 6.07) is 20.3. The van der Waals surface area contributed by atoms with E-state index in [0.29, 0.717) is 28.4 Å². The van der Waals surface area contributed by atoms with Crippen molar-refractivity contribution in [3.8, 4) is 5.75 Å². The zero-order valence-electron chi connectivity index (χ0n) is 19.7. The summed E-state index contributed by atoms with van der Waals surface area (Å²) < 4.78 is 5.35. The number of ether oxygens (including phenoxy) is 1. The molecule has 1 unspecified atom stereocenters. The molecule has 178 valence electrons. The largest absolute Gasteiger partial charge is 0.497 e. The number of benzene rings is 3. The molecule has 1 spiro atoms. The van der Waals surface area contributed by atoms with E-state index < -0.39 is 4.87 Å². The third kappa shape index (κ3) is 3.74. The van der Waals surface area contributed by atoms with Crippen molar-refractivity contribution in [2.45, 2.75) is 18.7 Å². The van der Waals surface area contributed by atoms with Gasteiger partial charge in [-0.25, -0.2) is 0 Å². The zero-order valence-corrected chi connectivity index (χ0v) is 20.5. The number of nitrogens with zero attached hydrogens (tertiary/aromatic N) is 2. The van der Waals surface area contributed by atoms with Crippen LogP contribution < -0.4 is 19.9 Å². The summed E-state index contributed by atoms with van der Waals surface area (Å²) in [7, 11) is 1.56. The molecule has 2 aliphatic rings. The van der Waals surface area contributed by atoms with Crippen LogP contribution in [0.4, 0.5) is 17.1 Å². The highest BCUT2D eigenvalue weighted by molar-refractivity contribution is 8.02. The standard InChI is InChI=1S/C27H25N3O4S/c1-17-11-12-22(18(2)13-17)28-24(31)15-29-23-10-5-4-9-21(23)27(26(29)33)30(25(32)16-35-27)19-7-6-8-20(14-19)34-3/h4-14H,15-16H2,1-3H3,(H,28,31). The molecule has 35 heavy (non-hydrogen) atoms. The number of para-hydroxylation sites is 1. The van der Waals surface area contributed by atoms with E-state index in [1.54, 1.807) is 36.3 Å². The van der Waals surface area contributed by atoms with Gasteiger partial charge in [-0.1, -0.05) is 42.0 Å². The number of nitrogens with one attached hydrogen (secondary N) is 1. The van der Waals surface area contributed by atoms with Crippen molar-refractivity contribution in [2.24, 2.45) is 0 Å². The quantitative estimate of drug-likeness (QED) is 0.583. The molecule has 1 fully saturated rings. The van der Waals surface area contributed by atoms with Crippen LogP contribution in [-0.2, 0) is 19.3 Å². The average molecular weight is 488 g/mol. The molecule has 0 aliphatic carbocycles. The predicted octanol–water partition coefficient (Wildman–Crippen LogP) is 4.23. The molecule has 7 nitrogen and oxygen atoms in total. The number of carbonyl (C=O) groups excluding carboxylic acids is 3. The lowest BCUT2D eigenvalue weighted by Crippen LogP contribution is -2.50. The van der Waals surface area contributed by atoms with Gasteiger partial charge in [0.15, 0.2) is 0 Å². The van der Waals surface area contributed by atoms with E-state index in [-0.39, 0.29) is 30.0 Å². The molecule has 3 aromatic rings. The van der Waals surface area contributed by atoms with Gasteiger partial charge in [-0.3, -0.25) is 24.2 Å². The summed E-state index contributed by atoms with van der Waals surface area (Å²) in [4.78, 5) is 42.0. The second-order valence-electron chi connectivity index (χ2n) is 8.64. The van der Waals surface area contributed by atoms with Crippen molar-refractivity contribution in [2.75, 3.05) is 34.5 Å².